The number of fused-ring (bicyclic) bond motifs is 2. The molecule has 1 saturated heterocycles. The number of rotatable bonds is 4. The maximum absolute atomic E-state index is 12.0. The molecule has 1 N–H and O–H groups in total. The van der Waals surface area contributed by atoms with Crippen LogP contribution in [0.2, 0.25) is 0 Å². The quantitative estimate of drug-likeness (QED) is 0.804. The number of aldehydes is 1. The van der Waals surface area contributed by atoms with E-state index in [0.29, 0.717) is 36.6 Å². The Hall–Kier alpha value is -2.93. The first-order valence-electron chi connectivity index (χ1n) is 10.0. The highest BCUT2D eigenvalue weighted by molar-refractivity contribution is 6.05. The molecular formula is C22H23N3O4. The summed E-state index contributed by atoms with van der Waals surface area (Å²) in [7, 11) is 0. The van der Waals surface area contributed by atoms with Crippen molar-refractivity contribution in [2.24, 2.45) is 0 Å². The van der Waals surface area contributed by atoms with Crippen LogP contribution < -0.4 is 15.0 Å². The average molecular weight is 393 g/mol. The molecule has 29 heavy (non-hydrogen) atoms. The van der Waals surface area contributed by atoms with Crippen LogP contribution in [0.5, 0.6) is 5.75 Å². The van der Waals surface area contributed by atoms with Crippen molar-refractivity contribution < 1.29 is 19.1 Å². The number of carbonyl (C=O) groups excluding carboxylic acids is 2. The molecule has 0 bridgehead atoms. The lowest BCUT2D eigenvalue weighted by Gasteiger charge is -2.34. The van der Waals surface area contributed by atoms with E-state index in [2.05, 4.69) is 22.3 Å². The van der Waals surface area contributed by atoms with Gasteiger partial charge in [-0.1, -0.05) is 6.07 Å². The molecule has 7 heteroatoms. The summed E-state index contributed by atoms with van der Waals surface area (Å²) in [4.78, 5) is 30.6. The van der Waals surface area contributed by atoms with Crippen LogP contribution in [-0.4, -0.2) is 36.4 Å². The second-order valence-corrected chi connectivity index (χ2v) is 7.82. The minimum absolute atomic E-state index is 0.148. The SMILES string of the molecule is Cc1c(N2CCC(Oc3ccc4c(c3)COC4)CC2)nc2c(c1C=O)C(=O)NC2. The first-order valence-corrected chi connectivity index (χ1v) is 10.0. The molecule has 0 saturated carbocycles. The summed E-state index contributed by atoms with van der Waals surface area (Å²) >= 11 is 0. The van der Waals surface area contributed by atoms with Crippen LogP contribution in [0.3, 0.4) is 0 Å². The van der Waals surface area contributed by atoms with Crippen LogP contribution in [0.25, 0.3) is 0 Å². The second-order valence-electron chi connectivity index (χ2n) is 7.82. The number of pyridine rings is 1. The minimum atomic E-state index is -0.212. The van der Waals surface area contributed by atoms with Crippen LogP contribution >= 0.6 is 0 Å². The molecule has 0 aliphatic carbocycles. The molecule has 0 radical (unpaired) electrons. The van der Waals surface area contributed by atoms with E-state index in [-0.39, 0.29) is 12.0 Å². The first kappa shape index (κ1) is 18.1. The Morgan fingerprint density at radius 1 is 1.24 bits per heavy atom. The Morgan fingerprint density at radius 3 is 2.83 bits per heavy atom. The van der Waals surface area contributed by atoms with Gasteiger partial charge in [-0.2, -0.15) is 0 Å². The molecule has 150 valence electrons. The molecule has 1 aromatic heterocycles. The Labute approximate surface area is 169 Å². The summed E-state index contributed by atoms with van der Waals surface area (Å²) in [6, 6.07) is 6.19. The van der Waals surface area contributed by atoms with E-state index in [1.807, 2.05) is 13.0 Å². The second kappa shape index (κ2) is 7.15. The normalized spacial score (nSPS) is 18.4. The van der Waals surface area contributed by atoms with E-state index in [1.54, 1.807) is 0 Å². The lowest BCUT2D eigenvalue weighted by atomic mass is 10.0. The molecule has 1 amide bonds. The third-order valence-corrected chi connectivity index (χ3v) is 6.04. The summed E-state index contributed by atoms with van der Waals surface area (Å²) in [6.07, 6.45) is 2.67. The fourth-order valence-corrected chi connectivity index (χ4v) is 4.42. The number of carbonyl (C=O) groups is 2. The molecule has 1 aromatic carbocycles. The zero-order valence-electron chi connectivity index (χ0n) is 16.4. The third-order valence-electron chi connectivity index (χ3n) is 6.04. The molecule has 2 aromatic rings. The average Bonchev–Trinajstić information content (AvgIpc) is 3.35. The third kappa shape index (κ3) is 3.15. The summed E-state index contributed by atoms with van der Waals surface area (Å²) in [5.41, 5.74) is 4.77. The maximum Gasteiger partial charge on any atom is 0.254 e. The van der Waals surface area contributed by atoms with Gasteiger partial charge in [0.15, 0.2) is 6.29 Å². The zero-order chi connectivity index (χ0) is 20.0. The lowest BCUT2D eigenvalue weighted by molar-refractivity contribution is 0.0960. The smallest absolute Gasteiger partial charge is 0.254 e. The standard InChI is InChI=1S/C22H23N3O4/c1-13-18(10-26)20-19(9-23-22(20)27)24-21(13)25-6-4-16(5-7-25)29-17-3-2-14-11-28-12-15(14)8-17/h2-3,8,10,16H,4-7,9,11-12H2,1H3,(H,23,27). The highest BCUT2D eigenvalue weighted by Crippen LogP contribution is 2.31. The highest BCUT2D eigenvalue weighted by atomic mass is 16.5. The molecule has 5 rings (SSSR count). The van der Waals surface area contributed by atoms with Crippen molar-refractivity contribution in [3.05, 3.63) is 51.7 Å². The van der Waals surface area contributed by atoms with Crippen molar-refractivity contribution >= 4 is 18.0 Å². The maximum atomic E-state index is 12.0. The number of nitrogens with zero attached hydrogens (tertiary/aromatic N) is 2. The predicted octanol–water partition coefficient (Wildman–Crippen LogP) is 2.52. The van der Waals surface area contributed by atoms with Crippen molar-refractivity contribution in [3.8, 4) is 5.75 Å². The van der Waals surface area contributed by atoms with Crippen LogP contribution in [-0.2, 0) is 24.5 Å². The number of nitrogens with one attached hydrogen (secondary N) is 1. The van der Waals surface area contributed by atoms with E-state index in [9.17, 15) is 9.59 Å². The van der Waals surface area contributed by atoms with Crippen LogP contribution in [0, 0.1) is 6.92 Å². The number of aromatic nitrogens is 1. The Kier molecular flexibility index (Phi) is 4.47. The molecule has 4 heterocycles. The zero-order valence-corrected chi connectivity index (χ0v) is 16.4. The van der Waals surface area contributed by atoms with Gasteiger partial charge in [0.05, 0.1) is 31.0 Å². The number of hydrogen-bond donors (Lipinski definition) is 1. The molecular weight excluding hydrogens is 370 g/mol. The molecule has 3 aliphatic rings. The van der Waals surface area contributed by atoms with Gasteiger partial charge in [-0.15, -0.1) is 0 Å². The van der Waals surface area contributed by atoms with Crippen LogP contribution in [0.1, 0.15) is 55.9 Å². The van der Waals surface area contributed by atoms with Gasteiger partial charge in [-0.05, 0) is 30.2 Å². The van der Waals surface area contributed by atoms with E-state index < -0.39 is 0 Å². The number of benzene rings is 1. The van der Waals surface area contributed by atoms with Gasteiger partial charge < -0.3 is 19.7 Å². The summed E-state index contributed by atoms with van der Waals surface area (Å²) in [5.74, 6) is 1.49. The fourth-order valence-electron chi connectivity index (χ4n) is 4.42. The van der Waals surface area contributed by atoms with Crippen LogP contribution in [0.15, 0.2) is 18.2 Å². The van der Waals surface area contributed by atoms with Crippen molar-refractivity contribution in [2.45, 2.75) is 45.6 Å². The molecule has 0 unspecified atom stereocenters. The highest BCUT2D eigenvalue weighted by Gasteiger charge is 2.30. The van der Waals surface area contributed by atoms with E-state index in [1.165, 1.54) is 11.1 Å². The molecule has 0 spiro atoms. The van der Waals surface area contributed by atoms with Crippen molar-refractivity contribution in [3.63, 3.8) is 0 Å². The van der Waals surface area contributed by atoms with Gasteiger partial charge in [-0.3, -0.25) is 9.59 Å². The molecule has 1 fully saturated rings. The minimum Gasteiger partial charge on any atom is -0.490 e. The van der Waals surface area contributed by atoms with E-state index in [4.69, 9.17) is 14.5 Å². The van der Waals surface area contributed by atoms with Gasteiger partial charge in [0, 0.05) is 37.1 Å². The number of anilines is 1. The van der Waals surface area contributed by atoms with Gasteiger partial charge in [0.1, 0.15) is 17.7 Å². The van der Waals surface area contributed by atoms with Crippen molar-refractivity contribution in [1.29, 1.82) is 0 Å². The van der Waals surface area contributed by atoms with Gasteiger partial charge in [-0.25, -0.2) is 4.98 Å². The van der Waals surface area contributed by atoms with E-state index >= 15 is 0 Å². The van der Waals surface area contributed by atoms with Crippen molar-refractivity contribution in [2.75, 3.05) is 18.0 Å². The number of amides is 1. The summed E-state index contributed by atoms with van der Waals surface area (Å²) in [6.45, 7) is 5.18. The fraction of sp³-hybridized carbons (Fsp3) is 0.409. The Bertz CT molecular complexity index is 996. The number of hydrogen-bond acceptors (Lipinski definition) is 6. The van der Waals surface area contributed by atoms with Crippen molar-refractivity contribution in [1.82, 2.24) is 10.3 Å². The van der Waals surface area contributed by atoms with Crippen LogP contribution in [0.4, 0.5) is 5.82 Å². The Balaban J connectivity index is 1.30. The summed E-state index contributed by atoms with van der Waals surface area (Å²) in [5, 5.41) is 2.76. The molecule has 0 atom stereocenters. The van der Waals surface area contributed by atoms with Gasteiger partial charge >= 0.3 is 0 Å². The van der Waals surface area contributed by atoms with Gasteiger partial charge in [0.25, 0.3) is 5.91 Å². The monoisotopic (exact) mass is 393 g/mol. The summed E-state index contributed by atoms with van der Waals surface area (Å²) < 4.78 is 11.7. The topological polar surface area (TPSA) is 80.8 Å². The first-order chi connectivity index (χ1) is 14.1. The lowest BCUT2D eigenvalue weighted by Crippen LogP contribution is -2.39. The number of piperidine rings is 1. The van der Waals surface area contributed by atoms with E-state index in [0.717, 1.165) is 49.3 Å². The Morgan fingerprint density at radius 2 is 2.03 bits per heavy atom. The largest absolute Gasteiger partial charge is 0.490 e. The molecule has 7 nitrogen and oxygen atoms in total. The van der Waals surface area contributed by atoms with Gasteiger partial charge in [0.2, 0.25) is 0 Å². The number of ether oxygens (including phenoxy) is 2. The molecule has 3 aliphatic heterocycles. The predicted molar refractivity (Wildman–Crippen MR) is 106 cm³/mol.